The molecule has 0 spiro atoms. The molecule has 0 amide bonds. The molecule has 1 heterocycles. The molecule has 0 radical (unpaired) electrons. The van der Waals surface area contributed by atoms with Crippen molar-refractivity contribution >= 4 is 11.9 Å². The van der Waals surface area contributed by atoms with Gasteiger partial charge in [-0.1, -0.05) is 0 Å². The molecule has 0 aromatic rings. The molecule has 1 N–H and O–H groups in total. The summed E-state index contributed by atoms with van der Waals surface area (Å²) in [6.07, 6.45) is 3.45. The molecule has 76 valence electrons. The molecule has 2 rings (SSSR count). The topological polar surface area (TPSA) is 63.6 Å². The predicted octanol–water partition coefficient (Wildman–Crippen LogP) is 1.26. The highest BCUT2D eigenvalue weighted by Crippen LogP contribution is 2.35. The van der Waals surface area contributed by atoms with Gasteiger partial charge < -0.3 is 9.84 Å². The number of rotatable bonds is 2. The van der Waals surface area contributed by atoms with Crippen molar-refractivity contribution in [2.45, 2.75) is 38.2 Å². The molecule has 14 heavy (non-hydrogen) atoms. The van der Waals surface area contributed by atoms with E-state index in [1.54, 1.807) is 0 Å². The summed E-state index contributed by atoms with van der Waals surface area (Å²) in [5, 5.41) is 8.64. The van der Waals surface area contributed by atoms with Crippen LogP contribution >= 0.6 is 0 Å². The van der Waals surface area contributed by atoms with Gasteiger partial charge in [0.05, 0.1) is 12.0 Å². The minimum atomic E-state index is -0.962. The Bertz CT molecular complexity index is 316. The van der Waals surface area contributed by atoms with Gasteiger partial charge in [0.2, 0.25) is 0 Å². The van der Waals surface area contributed by atoms with Crippen molar-refractivity contribution < 1.29 is 19.4 Å². The van der Waals surface area contributed by atoms with Gasteiger partial charge in [0.25, 0.3) is 0 Å². The number of ether oxygens (including phenoxy) is 1. The third kappa shape index (κ3) is 1.52. The zero-order valence-corrected chi connectivity index (χ0v) is 7.78. The second kappa shape index (κ2) is 3.44. The molecule has 0 unspecified atom stereocenters. The highest BCUT2D eigenvalue weighted by molar-refractivity contribution is 5.96. The van der Waals surface area contributed by atoms with Crippen LogP contribution in [-0.2, 0) is 14.3 Å². The van der Waals surface area contributed by atoms with Gasteiger partial charge in [0.15, 0.2) is 0 Å². The quantitative estimate of drug-likeness (QED) is 0.675. The minimum Gasteiger partial charge on any atom is -0.481 e. The molecule has 1 aliphatic heterocycles. The first-order valence-corrected chi connectivity index (χ1v) is 4.83. The minimum absolute atomic E-state index is 0.120. The van der Waals surface area contributed by atoms with Crippen molar-refractivity contribution in [3.63, 3.8) is 0 Å². The molecular formula is C10H12O4. The molecule has 4 nitrogen and oxygen atoms in total. The largest absolute Gasteiger partial charge is 0.481 e. The average Bonchev–Trinajstić information content (AvgIpc) is 2.43. The number of carbonyl (C=O) groups is 2. The van der Waals surface area contributed by atoms with Gasteiger partial charge in [0, 0.05) is 0 Å². The number of carbonyl (C=O) groups excluding carboxylic acids is 1. The maximum absolute atomic E-state index is 11.3. The predicted molar refractivity (Wildman–Crippen MR) is 47.6 cm³/mol. The molecule has 1 aliphatic carbocycles. The molecule has 0 saturated heterocycles. The Labute approximate surface area is 81.6 Å². The van der Waals surface area contributed by atoms with Crippen LogP contribution in [-0.4, -0.2) is 23.1 Å². The number of esters is 1. The number of hydrogen-bond donors (Lipinski definition) is 1. The highest BCUT2D eigenvalue weighted by Gasteiger charge is 2.35. The van der Waals surface area contributed by atoms with Crippen LogP contribution in [0.1, 0.15) is 32.1 Å². The van der Waals surface area contributed by atoms with Gasteiger partial charge >= 0.3 is 11.9 Å². The monoisotopic (exact) mass is 196 g/mol. The summed E-state index contributed by atoms with van der Waals surface area (Å²) in [7, 11) is 0. The number of hydrogen-bond acceptors (Lipinski definition) is 3. The van der Waals surface area contributed by atoms with Crippen molar-refractivity contribution in [1.29, 1.82) is 0 Å². The second-order valence-corrected chi connectivity index (χ2v) is 3.71. The lowest BCUT2D eigenvalue weighted by atomic mass is 9.89. The van der Waals surface area contributed by atoms with Gasteiger partial charge in [-0.25, -0.2) is 4.79 Å². The molecule has 0 bridgehead atoms. The van der Waals surface area contributed by atoms with Gasteiger partial charge in [-0.3, -0.25) is 4.79 Å². The van der Waals surface area contributed by atoms with E-state index in [2.05, 4.69) is 0 Å². The molecule has 0 aromatic carbocycles. The lowest BCUT2D eigenvalue weighted by Crippen LogP contribution is -2.15. The maximum Gasteiger partial charge on any atom is 0.335 e. The third-order valence-electron chi connectivity index (χ3n) is 2.76. The van der Waals surface area contributed by atoms with Crippen LogP contribution in [0.15, 0.2) is 11.1 Å². The maximum atomic E-state index is 11.3. The smallest absolute Gasteiger partial charge is 0.335 e. The zero-order chi connectivity index (χ0) is 10.1. The Morgan fingerprint density at radius 1 is 1.50 bits per heavy atom. The summed E-state index contributed by atoms with van der Waals surface area (Å²) < 4.78 is 5.10. The first-order valence-electron chi connectivity index (χ1n) is 4.83. The van der Waals surface area contributed by atoms with Gasteiger partial charge in [0.1, 0.15) is 6.10 Å². The van der Waals surface area contributed by atoms with E-state index in [1.807, 2.05) is 0 Å². The summed E-state index contributed by atoms with van der Waals surface area (Å²) in [5.74, 6) is -1.38. The van der Waals surface area contributed by atoms with E-state index in [9.17, 15) is 9.59 Å². The number of aliphatic carboxylic acids is 1. The Morgan fingerprint density at radius 3 is 3.00 bits per heavy atom. The van der Waals surface area contributed by atoms with Crippen LogP contribution in [0, 0.1) is 0 Å². The molecular weight excluding hydrogens is 184 g/mol. The fourth-order valence-corrected chi connectivity index (χ4v) is 2.12. The summed E-state index contributed by atoms with van der Waals surface area (Å²) in [4.78, 5) is 21.9. The van der Waals surface area contributed by atoms with E-state index < -0.39 is 11.9 Å². The first kappa shape index (κ1) is 9.24. The van der Waals surface area contributed by atoms with E-state index in [0.717, 1.165) is 31.3 Å². The Kier molecular flexibility index (Phi) is 2.27. The number of carboxylic acid groups (broad SMARTS) is 1. The van der Waals surface area contributed by atoms with Crippen LogP contribution in [0.25, 0.3) is 0 Å². The Balaban J connectivity index is 2.24. The standard InChI is InChI=1S/C10H12O4/c11-9(12)5-7-6-3-1-2-4-8(6)14-10(7)13/h8H,1-5H2,(H,11,12)/t8-/m1/s1. The van der Waals surface area contributed by atoms with Gasteiger partial charge in [-0.05, 0) is 31.3 Å². The Hall–Kier alpha value is -1.32. The molecule has 1 saturated carbocycles. The lowest BCUT2D eigenvalue weighted by Gasteiger charge is -2.18. The first-order chi connectivity index (χ1) is 6.68. The fourth-order valence-electron chi connectivity index (χ4n) is 2.12. The molecule has 1 fully saturated rings. The lowest BCUT2D eigenvalue weighted by molar-refractivity contribution is -0.143. The summed E-state index contributed by atoms with van der Waals surface area (Å²) in [5.41, 5.74) is 1.32. The second-order valence-electron chi connectivity index (χ2n) is 3.71. The van der Waals surface area contributed by atoms with Gasteiger partial charge in [-0.2, -0.15) is 0 Å². The number of fused-ring (bicyclic) bond motifs is 1. The molecule has 1 atom stereocenters. The van der Waals surface area contributed by atoms with E-state index in [1.165, 1.54) is 0 Å². The van der Waals surface area contributed by atoms with Crippen molar-refractivity contribution in [3.8, 4) is 0 Å². The van der Waals surface area contributed by atoms with Crippen LogP contribution in [0.4, 0.5) is 0 Å². The number of carboxylic acids is 1. The van der Waals surface area contributed by atoms with Gasteiger partial charge in [-0.15, -0.1) is 0 Å². The van der Waals surface area contributed by atoms with Crippen molar-refractivity contribution in [2.75, 3.05) is 0 Å². The van der Waals surface area contributed by atoms with Crippen LogP contribution in [0.3, 0.4) is 0 Å². The van der Waals surface area contributed by atoms with Crippen LogP contribution < -0.4 is 0 Å². The van der Waals surface area contributed by atoms with Crippen LogP contribution in [0.5, 0.6) is 0 Å². The SMILES string of the molecule is O=C(O)CC1=C2CCCC[C@H]2OC1=O. The van der Waals surface area contributed by atoms with E-state index in [4.69, 9.17) is 9.84 Å². The van der Waals surface area contributed by atoms with E-state index >= 15 is 0 Å². The third-order valence-corrected chi connectivity index (χ3v) is 2.76. The molecule has 2 aliphatic rings. The normalized spacial score (nSPS) is 26.0. The van der Waals surface area contributed by atoms with E-state index in [-0.39, 0.29) is 12.5 Å². The highest BCUT2D eigenvalue weighted by atomic mass is 16.5. The van der Waals surface area contributed by atoms with Crippen molar-refractivity contribution in [1.82, 2.24) is 0 Å². The van der Waals surface area contributed by atoms with E-state index in [0.29, 0.717) is 5.57 Å². The molecule has 4 heteroatoms. The van der Waals surface area contributed by atoms with Crippen LogP contribution in [0.2, 0.25) is 0 Å². The summed E-state index contributed by atoms with van der Waals surface area (Å²) >= 11 is 0. The average molecular weight is 196 g/mol. The van der Waals surface area contributed by atoms with Crippen molar-refractivity contribution in [2.24, 2.45) is 0 Å². The zero-order valence-electron chi connectivity index (χ0n) is 7.78. The van der Waals surface area contributed by atoms with Crippen molar-refractivity contribution in [3.05, 3.63) is 11.1 Å². The Morgan fingerprint density at radius 2 is 2.29 bits per heavy atom. The fraction of sp³-hybridized carbons (Fsp3) is 0.600. The summed E-state index contributed by atoms with van der Waals surface area (Å²) in [6, 6.07) is 0. The summed E-state index contributed by atoms with van der Waals surface area (Å²) in [6.45, 7) is 0. The molecule has 0 aromatic heterocycles.